The molecular weight excluding hydrogens is 808 g/mol. The first-order valence-electron chi connectivity index (χ1n) is 20.0. The Bertz CT molecular complexity index is 2380. The Morgan fingerprint density at radius 2 is 1.31 bits per heavy atom. The van der Waals surface area contributed by atoms with Gasteiger partial charge in [0.15, 0.2) is 0 Å². The van der Waals surface area contributed by atoms with E-state index >= 15 is 0 Å². The second kappa shape index (κ2) is 17.0. The zero-order valence-electron chi connectivity index (χ0n) is 33.6. The number of ether oxygens (including phenoxy) is 3. The maximum atomic E-state index is 13.1. The molecule has 1 amide bonds. The fourth-order valence-electron chi connectivity index (χ4n) is 7.98. The van der Waals surface area contributed by atoms with Gasteiger partial charge in [-0.2, -0.15) is 10.2 Å². The summed E-state index contributed by atoms with van der Waals surface area (Å²) in [6, 6.07) is 11.5. The summed E-state index contributed by atoms with van der Waals surface area (Å²) < 4.78 is 22.8. The van der Waals surface area contributed by atoms with E-state index in [4.69, 9.17) is 19.3 Å². The molecule has 3 fully saturated rings. The maximum Gasteiger partial charge on any atom is 0.309 e. The lowest BCUT2D eigenvalue weighted by Gasteiger charge is -2.29. The zero-order valence-corrected chi connectivity index (χ0v) is 35.2. The number of fused-ring (bicyclic) bond motifs is 2. The minimum atomic E-state index is -0.734. The van der Waals surface area contributed by atoms with Gasteiger partial charge in [0.05, 0.1) is 59.2 Å². The molecule has 8 rings (SSSR count). The number of aromatic nitrogens is 5. The normalized spacial score (nSPS) is 20.9. The standard InChI is InChI=1S/C24H26N4O5.C19H25BrN2O3/c1-33-21-12-20-15(13-28(26-20)17-6-4-14(5-7-17)24(31)32)11-18(21)22(29)25-19-3-2-10-27(23(19)30)16-8-9-16;1-19(2,3)25-18(23)12-5-7-14(8-6-12)22-11-13-9-15(20)17(24-4)10-16(13)21-22/h2-3,10-14,16-17H,4-9H2,1H3,(H,25,29)(H,31,32);9-12,14H,5-8H2,1-4H3. The Morgan fingerprint density at radius 3 is 1.84 bits per heavy atom. The number of hydrogen-bond donors (Lipinski definition) is 2. The maximum absolute atomic E-state index is 13.1. The van der Waals surface area contributed by atoms with Crippen molar-refractivity contribution < 1.29 is 33.7 Å². The van der Waals surface area contributed by atoms with Gasteiger partial charge >= 0.3 is 11.9 Å². The second-order valence-electron chi connectivity index (χ2n) is 16.6. The summed E-state index contributed by atoms with van der Waals surface area (Å²) in [5.41, 5.74) is 1.55. The zero-order chi connectivity index (χ0) is 41.3. The van der Waals surface area contributed by atoms with Gasteiger partial charge in [-0.15, -0.1) is 0 Å². The van der Waals surface area contributed by atoms with Gasteiger partial charge in [0.25, 0.3) is 11.5 Å². The third-order valence-corrected chi connectivity index (χ3v) is 11.9. The Kier molecular flexibility index (Phi) is 12.0. The van der Waals surface area contributed by atoms with Gasteiger partial charge in [-0.3, -0.25) is 28.5 Å². The minimum absolute atomic E-state index is 0.00897. The summed E-state index contributed by atoms with van der Waals surface area (Å²) >= 11 is 3.52. The molecule has 3 aromatic heterocycles. The summed E-state index contributed by atoms with van der Waals surface area (Å²) in [5, 5.41) is 23.2. The van der Waals surface area contributed by atoms with E-state index in [0.29, 0.717) is 35.7 Å². The van der Waals surface area contributed by atoms with Crippen molar-refractivity contribution in [3.05, 3.63) is 75.4 Å². The van der Waals surface area contributed by atoms with Gasteiger partial charge in [0.2, 0.25) is 0 Å². The molecule has 3 saturated carbocycles. The predicted octanol–water partition coefficient (Wildman–Crippen LogP) is 8.49. The number of carbonyl (C=O) groups is 3. The number of methoxy groups -OCH3 is 2. The molecule has 0 spiro atoms. The lowest BCUT2D eigenvalue weighted by molar-refractivity contribution is -0.161. The van der Waals surface area contributed by atoms with Gasteiger partial charge in [-0.1, -0.05) is 0 Å². The van der Waals surface area contributed by atoms with Crippen LogP contribution in [0.2, 0.25) is 0 Å². The summed E-state index contributed by atoms with van der Waals surface area (Å²) in [6.07, 6.45) is 14.0. The van der Waals surface area contributed by atoms with Crippen LogP contribution in [0.5, 0.6) is 11.5 Å². The number of nitrogens with zero attached hydrogens (tertiary/aromatic N) is 5. The largest absolute Gasteiger partial charge is 0.496 e. The van der Waals surface area contributed by atoms with Crippen LogP contribution < -0.4 is 20.3 Å². The van der Waals surface area contributed by atoms with Crippen LogP contribution in [0.1, 0.15) is 113 Å². The van der Waals surface area contributed by atoms with Crippen molar-refractivity contribution in [3.63, 3.8) is 0 Å². The number of hydrogen-bond acceptors (Lipinski definition) is 9. The highest BCUT2D eigenvalue weighted by molar-refractivity contribution is 9.10. The topological polar surface area (TPSA) is 169 Å². The number of rotatable bonds is 9. The number of pyridine rings is 1. The molecule has 5 aromatic rings. The molecule has 15 heteroatoms. The highest BCUT2D eigenvalue weighted by Crippen LogP contribution is 2.37. The van der Waals surface area contributed by atoms with Crippen molar-refractivity contribution in [2.45, 2.75) is 109 Å². The third kappa shape index (κ3) is 9.24. The number of nitrogens with one attached hydrogen (secondary N) is 1. The van der Waals surface area contributed by atoms with E-state index in [1.165, 1.54) is 7.11 Å². The Balaban J connectivity index is 0.000000184. The number of anilines is 1. The molecule has 308 valence electrons. The van der Waals surface area contributed by atoms with Crippen LogP contribution in [0.3, 0.4) is 0 Å². The molecule has 58 heavy (non-hydrogen) atoms. The average Bonchev–Trinajstić information content (AvgIpc) is 3.83. The van der Waals surface area contributed by atoms with Gasteiger partial charge in [0, 0.05) is 47.5 Å². The molecule has 3 aliphatic rings. The Labute approximate surface area is 344 Å². The number of amides is 1. The molecule has 0 atom stereocenters. The molecule has 2 N–H and O–H groups in total. The van der Waals surface area contributed by atoms with Crippen LogP contribution in [0.15, 0.2) is 64.3 Å². The van der Waals surface area contributed by atoms with E-state index in [-0.39, 0.29) is 41.1 Å². The summed E-state index contributed by atoms with van der Waals surface area (Å²) in [5.74, 6) is -0.343. The number of halogens is 1. The van der Waals surface area contributed by atoms with Gasteiger partial charge < -0.3 is 29.2 Å². The van der Waals surface area contributed by atoms with E-state index < -0.39 is 17.5 Å². The highest BCUT2D eigenvalue weighted by atomic mass is 79.9. The first-order valence-corrected chi connectivity index (χ1v) is 20.8. The number of benzene rings is 2. The van der Waals surface area contributed by atoms with E-state index in [1.54, 1.807) is 42.1 Å². The smallest absolute Gasteiger partial charge is 0.309 e. The molecule has 3 heterocycles. The molecule has 0 radical (unpaired) electrons. The van der Waals surface area contributed by atoms with E-state index in [0.717, 1.165) is 77.9 Å². The Hall–Kier alpha value is -5.18. The molecule has 0 saturated heterocycles. The number of esters is 1. The lowest BCUT2D eigenvalue weighted by Crippen LogP contribution is -2.31. The molecular formula is C43H51BrN6O8. The van der Waals surface area contributed by atoms with Crippen molar-refractivity contribution in [1.82, 2.24) is 24.1 Å². The number of carboxylic acid groups (broad SMARTS) is 1. The van der Waals surface area contributed by atoms with Crippen molar-refractivity contribution in [2.75, 3.05) is 19.5 Å². The predicted molar refractivity (Wildman–Crippen MR) is 223 cm³/mol. The SMILES string of the molecule is COc1cc2nn(C3CCC(C(=O)O)CC3)cc2cc1C(=O)Nc1cccn(C2CC2)c1=O.COc1cc2nn(C3CCC(C(=O)OC(C)(C)C)CC3)cc2cc1Br. The molecule has 14 nitrogen and oxygen atoms in total. The van der Waals surface area contributed by atoms with E-state index in [1.807, 2.05) is 48.5 Å². The highest BCUT2D eigenvalue weighted by Gasteiger charge is 2.32. The van der Waals surface area contributed by atoms with Crippen LogP contribution in [0, 0.1) is 11.8 Å². The molecule has 0 unspecified atom stereocenters. The van der Waals surface area contributed by atoms with Crippen LogP contribution in [-0.4, -0.2) is 66.9 Å². The van der Waals surface area contributed by atoms with Gasteiger partial charge in [0.1, 0.15) is 22.8 Å². The van der Waals surface area contributed by atoms with Gasteiger partial charge in [-0.05, 0) is 125 Å². The monoisotopic (exact) mass is 858 g/mol. The lowest BCUT2D eigenvalue weighted by atomic mass is 9.86. The summed E-state index contributed by atoms with van der Waals surface area (Å²) in [6.45, 7) is 5.74. The average molecular weight is 860 g/mol. The summed E-state index contributed by atoms with van der Waals surface area (Å²) in [4.78, 5) is 49.2. The van der Waals surface area contributed by atoms with Crippen LogP contribution in [0.25, 0.3) is 21.8 Å². The fraction of sp³-hybridized carbons (Fsp3) is 0.488. The van der Waals surface area contributed by atoms with Gasteiger partial charge in [-0.25, -0.2) is 0 Å². The van der Waals surface area contributed by atoms with Crippen molar-refractivity contribution in [2.24, 2.45) is 11.8 Å². The Morgan fingerprint density at radius 1 is 0.776 bits per heavy atom. The van der Waals surface area contributed by atoms with Crippen LogP contribution in [-0.2, 0) is 14.3 Å². The molecule has 0 aliphatic heterocycles. The second-order valence-corrected chi connectivity index (χ2v) is 17.4. The molecule has 0 bridgehead atoms. The minimum Gasteiger partial charge on any atom is -0.496 e. The quantitative estimate of drug-likeness (QED) is 0.137. The van der Waals surface area contributed by atoms with E-state index in [2.05, 4.69) is 32.5 Å². The molecule has 3 aliphatic carbocycles. The van der Waals surface area contributed by atoms with Crippen LogP contribution >= 0.6 is 15.9 Å². The first-order chi connectivity index (χ1) is 27.7. The number of aliphatic carboxylic acids is 1. The van der Waals surface area contributed by atoms with Crippen molar-refractivity contribution in [1.29, 1.82) is 0 Å². The fourth-order valence-corrected chi connectivity index (χ4v) is 8.50. The summed E-state index contributed by atoms with van der Waals surface area (Å²) in [7, 11) is 3.14. The van der Waals surface area contributed by atoms with Crippen molar-refractivity contribution >= 4 is 61.3 Å². The molecule has 2 aromatic carbocycles. The third-order valence-electron chi connectivity index (χ3n) is 11.3. The number of carbonyl (C=O) groups excluding carboxylic acids is 2. The number of carboxylic acids is 1. The van der Waals surface area contributed by atoms with Crippen molar-refractivity contribution in [3.8, 4) is 11.5 Å². The van der Waals surface area contributed by atoms with E-state index in [9.17, 15) is 24.3 Å². The van der Waals surface area contributed by atoms with Crippen LogP contribution in [0.4, 0.5) is 5.69 Å². The first kappa shape index (κ1) is 41.0.